The van der Waals surface area contributed by atoms with Crippen LogP contribution in [-0.4, -0.2) is 45.2 Å². The van der Waals surface area contributed by atoms with E-state index >= 15 is 0 Å². The number of hydrogen-bond acceptors (Lipinski definition) is 3. The summed E-state index contributed by atoms with van der Waals surface area (Å²) >= 11 is 0. The summed E-state index contributed by atoms with van der Waals surface area (Å²) in [4.78, 5) is 2.40. The Balaban J connectivity index is 1.76. The summed E-state index contributed by atoms with van der Waals surface area (Å²) in [5.74, 6) is 1.08. The first-order valence-electron chi connectivity index (χ1n) is 6.87. The minimum atomic E-state index is 0.850. The van der Waals surface area contributed by atoms with Crippen molar-refractivity contribution in [2.45, 2.75) is 19.3 Å². The predicted octanol–water partition coefficient (Wildman–Crippen LogP) is 1.71. The number of hydrogen-bond donors (Lipinski definition) is 1. The van der Waals surface area contributed by atoms with Crippen LogP contribution in [0.15, 0.2) is 18.2 Å². The van der Waals surface area contributed by atoms with Gasteiger partial charge in [-0.25, -0.2) is 0 Å². The van der Waals surface area contributed by atoms with Crippen LogP contribution in [0.4, 0.5) is 0 Å². The third-order valence-electron chi connectivity index (χ3n) is 3.50. The molecular weight excluding hydrogens is 224 g/mol. The van der Waals surface area contributed by atoms with Gasteiger partial charge in [0, 0.05) is 13.0 Å². The Morgan fingerprint density at radius 1 is 1.33 bits per heavy atom. The fourth-order valence-corrected chi connectivity index (χ4v) is 2.35. The predicted molar refractivity (Wildman–Crippen MR) is 75.4 cm³/mol. The molecule has 3 heteroatoms. The van der Waals surface area contributed by atoms with Crippen LogP contribution in [0.1, 0.15) is 17.5 Å². The zero-order valence-corrected chi connectivity index (χ0v) is 11.5. The summed E-state index contributed by atoms with van der Waals surface area (Å²) in [7, 11) is 4.21. The molecule has 3 nitrogen and oxygen atoms in total. The highest BCUT2D eigenvalue weighted by molar-refractivity contribution is 5.39. The van der Waals surface area contributed by atoms with Crippen molar-refractivity contribution in [3.8, 4) is 5.75 Å². The number of fused-ring (bicyclic) bond motifs is 1. The van der Waals surface area contributed by atoms with E-state index in [1.807, 2.05) is 7.05 Å². The van der Waals surface area contributed by atoms with Gasteiger partial charge in [0.25, 0.3) is 0 Å². The Bertz CT molecular complexity index is 379. The number of nitrogens with zero attached hydrogens (tertiary/aromatic N) is 1. The molecule has 0 aromatic heterocycles. The molecule has 0 fully saturated rings. The summed E-state index contributed by atoms with van der Waals surface area (Å²) in [5, 5.41) is 3.18. The SMILES string of the molecule is CNCCCN(C)CCc1ccc2c(c1)CCO2. The van der Waals surface area contributed by atoms with Gasteiger partial charge in [0.1, 0.15) is 5.75 Å². The van der Waals surface area contributed by atoms with Crippen molar-refractivity contribution >= 4 is 0 Å². The van der Waals surface area contributed by atoms with Crippen LogP contribution in [-0.2, 0) is 12.8 Å². The third-order valence-corrected chi connectivity index (χ3v) is 3.50. The lowest BCUT2D eigenvalue weighted by Crippen LogP contribution is -2.25. The highest BCUT2D eigenvalue weighted by Gasteiger charge is 2.11. The second kappa shape index (κ2) is 6.76. The molecular formula is C15H24N2O. The minimum absolute atomic E-state index is 0.850. The number of ether oxygens (including phenoxy) is 1. The van der Waals surface area contributed by atoms with Gasteiger partial charge in [0.05, 0.1) is 6.61 Å². The zero-order chi connectivity index (χ0) is 12.8. The van der Waals surface area contributed by atoms with Crippen molar-refractivity contribution in [1.29, 1.82) is 0 Å². The van der Waals surface area contributed by atoms with Gasteiger partial charge in [-0.3, -0.25) is 0 Å². The van der Waals surface area contributed by atoms with E-state index in [0.717, 1.165) is 44.8 Å². The van der Waals surface area contributed by atoms with E-state index in [1.54, 1.807) is 0 Å². The average molecular weight is 248 g/mol. The van der Waals surface area contributed by atoms with Gasteiger partial charge in [0.15, 0.2) is 0 Å². The number of likely N-dealkylation sites (N-methyl/N-ethyl adjacent to an activating group) is 1. The summed E-state index contributed by atoms with van der Waals surface area (Å²) in [5.41, 5.74) is 2.81. The van der Waals surface area contributed by atoms with Crippen molar-refractivity contribution in [1.82, 2.24) is 10.2 Å². The van der Waals surface area contributed by atoms with Gasteiger partial charge in [-0.15, -0.1) is 0 Å². The van der Waals surface area contributed by atoms with E-state index in [2.05, 4.69) is 35.5 Å². The van der Waals surface area contributed by atoms with Crippen LogP contribution in [0.25, 0.3) is 0 Å². The van der Waals surface area contributed by atoms with Crippen molar-refractivity contribution in [3.05, 3.63) is 29.3 Å². The smallest absolute Gasteiger partial charge is 0.122 e. The lowest BCUT2D eigenvalue weighted by atomic mass is 10.1. The summed E-state index contributed by atoms with van der Waals surface area (Å²) in [6.45, 7) is 4.24. The maximum Gasteiger partial charge on any atom is 0.122 e. The molecule has 0 bridgehead atoms. The van der Waals surface area contributed by atoms with E-state index in [4.69, 9.17) is 4.74 Å². The molecule has 1 aliphatic rings. The molecule has 0 unspecified atom stereocenters. The summed E-state index contributed by atoms with van der Waals surface area (Å²) < 4.78 is 5.53. The molecule has 100 valence electrons. The van der Waals surface area contributed by atoms with Crippen molar-refractivity contribution in [3.63, 3.8) is 0 Å². The van der Waals surface area contributed by atoms with Crippen LogP contribution in [0, 0.1) is 0 Å². The first-order valence-corrected chi connectivity index (χ1v) is 6.87. The second-order valence-corrected chi connectivity index (χ2v) is 5.05. The first kappa shape index (κ1) is 13.4. The Labute approximate surface area is 110 Å². The largest absolute Gasteiger partial charge is 0.493 e. The standard InChI is InChI=1S/C15H24N2O/c1-16-8-3-9-17(2)10-6-13-4-5-15-14(12-13)7-11-18-15/h4-5,12,16H,3,6-11H2,1-2H3. The Hall–Kier alpha value is -1.06. The van der Waals surface area contributed by atoms with Gasteiger partial charge in [-0.05, 0) is 57.2 Å². The lowest BCUT2D eigenvalue weighted by Gasteiger charge is -2.16. The van der Waals surface area contributed by atoms with E-state index in [9.17, 15) is 0 Å². The second-order valence-electron chi connectivity index (χ2n) is 5.05. The molecule has 1 N–H and O–H groups in total. The summed E-state index contributed by atoms with van der Waals surface area (Å²) in [6.07, 6.45) is 3.41. The highest BCUT2D eigenvalue weighted by atomic mass is 16.5. The molecule has 0 aliphatic carbocycles. The quantitative estimate of drug-likeness (QED) is 0.743. The molecule has 1 aromatic rings. The molecule has 0 radical (unpaired) electrons. The molecule has 0 saturated carbocycles. The number of benzene rings is 1. The van der Waals surface area contributed by atoms with Crippen LogP contribution in [0.2, 0.25) is 0 Å². The topological polar surface area (TPSA) is 24.5 Å². The van der Waals surface area contributed by atoms with Crippen molar-refractivity contribution < 1.29 is 4.74 Å². The van der Waals surface area contributed by atoms with Crippen LogP contribution < -0.4 is 10.1 Å². The molecule has 18 heavy (non-hydrogen) atoms. The van der Waals surface area contributed by atoms with E-state index in [0.29, 0.717) is 0 Å². The zero-order valence-electron chi connectivity index (χ0n) is 11.5. The average Bonchev–Trinajstić information content (AvgIpc) is 2.84. The number of rotatable bonds is 7. The Morgan fingerprint density at radius 3 is 3.06 bits per heavy atom. The van der Waals surface area contributed by atoms with Gasteiger partial charge >= 0.3 is 0 Å². The fraction of sp³-hybridized carbons (Fsp3) is 0.600. The maximum absolute atomic E-state index is 5.53. The molecule has 2 rings (SSSR count). The van der Waals surface area contributed by atoms with Crippen LogP contribution in [0.5, 0.6) is 5.75 Å². The minimum Gasteiger partial charge on any atom is -0.493 e. The monoisotopic (exact) mass is 248 g/mol. The van der Waals surface area contributed by atoms with E-state index in [-0.39, 0.29) is 0 Å². The van der Waals surface area contributed by atoms with Crippen LogP contribution in [0.3, 0.4) is 0 Å². The summed E-state index contributed by atoms with van der Waals surface area (Å²) in [6, 6.07) is 6.63. The van der Waals surface area contributed by atoms with Gasteiger partial charge in [-0.1, -0.05) is 12.1 Å². The van der Waals surface area contributed by atoms with E-state index < -0.39 is 0 Å². The normalized spacial score (nSPS) is 13.7. The fourth-order valence-electron chi connectivity index (χ4n) is 2.35. The molecule has 0 saturated heterocycles. The molecule has 1 aliphatic heterocycles. The van der Waals surface area contributed by atoms with Crippen LogP contribution >= 0.6 is 0 Å². The Kier molecular flexibility index (Phi) is 5.02. The Morgan fingerprint density at radius 2 is 2.22 bits per heavy atom. The molecule has 0 amide bonds. The van der Waals surface area contributed by atoms with Gasteiger partial charge in [0.2, 0.25) is 0 Å². The lowest BCUT2D eigenvalue weighted by molar-refractivity contribution is 0.332. The maximum atomic E-state index is 5.53. The van der Waals surface area contributed by atoms with Crippen molar-refractivity contribution in [2.75, 3.05) is 40.3 Å². The van der Waals surface area contributed by atoms with Gasteiger partial charge < -0.3 is 15.0 Å². The number of nitrogens with one attached hydrogen (secondary N) is 1. The molecule has 1 heterocycles. The molecule has 0 spiro atoms. The van der Waals surface area contributed by atoms with E-state index in [1.165, 1.54) is 17.5 Å². The molecule has 0 atom stereocenters. The van der Waals surface area contributed by atoms with Gasteiger partial charge in [-0.2, -0.15) is 0 Å². The first-order chi connectivity index (χ1) is 8.79. The third kappa shape index (κ3) is 3.72. The highest BCUT2D eigenvalue weighted by Crippen LogP contribution is 2.25. The van der Waals surface area contributed by atoms with Crippen molar-refractivity contribution in [2.24, 2.45) is 0 Å². The molecule has 1 aromatic carbocycles.